The SMILES string of the molecule is CN=C([S-])NN/C=C1/C=C(OC)C=CC1=O.CN=C([S-])NN/C=C1/C=C(OC)C=CC1=O.[Ni].[Ni]. The molecule has 0 aromatic heterocycles. The van der Waals surface area contributed by atoms with Gasteiger partial charge in [-0.1, -0.05) is 0 Å². The number of amidine groups is 2. The largest absolute Gasteiger partial charge is 0.741 e. The van der Waals surface area contributed by atoms with E-state index in [1.807, 2.05) is 0 Å². The number of carbonyl (C=O) groups is 2. The van der Waals surface area contributed by atoms with Crippen LogP contribution in [0.2, 0.25) is 0 Å². The second-order valence-corrected chi connectivity index (χ2v) is 6.47. The third kappa shape index (κ3) is 12.6. The van der Waals surface area contributed by atoms with Gasteiger partial charge in [0.05, 0.1) is 14.2 Å². The molecular weight excluding hydrogens is 570 g/mol. The number of nitrogens with zero attached hydrogens (tertiary/aromatic N) is 2. The van der Waals surface area contributed by atoms with Gasteiger partial charge in [-0.05, 0) is 46.8 Å². The van der Waals surface area contributed by atoms with Crippen LogP contribution in [0, 0.1) is 0 Å². The van der Waals surface area contributed by atoms with Crippen LogP contribution in [-0.4, -0.2) is 50.2 Å². The zero-order chi connectivity index (χ0) is 23.9. The topological polar surface area (TPSA) is 125 Å². The van der Waals surface area contributed by atoms with Gasteiger partial charge < -0.3 is 56.4 Å². The maximum absolute atomic E-state index is 11.4. The summed E-state index contributed by atoms with van der Waals surface area (Å²) in [5.74, 6) is 1.04. The Bertz CT molecular complexity index is 881. The number of ketones is 2. The Labute approximate surface area is 229 Å². The fourth-order valence-corrected chi connectivity index (χ4v) is 2.11. The van der Waals surface area contributed by atoms with Crippen molar-refractivity contribution in [3.8, 4) is 0 Å². The molecule has 0 heterocycles. The van der Waals surface area contributed by atoms with E-state index in [1.165, 1.54) is 24.6 Å². The van der Waals surface area contributed by atoms with Crippen LogP contribution in [0.5, 0.6) is 0 Å². The Morgan fingerprint density at radius 2 is 1.12 bits per heavy atom. The quantitative estimate of drug-likeness (QED) is 0.0855. The van der Waals surface area contributed by atoms with Crippen LogP contribution in [0.4, 0.5) is 0 Å². The van der Waals surface area contributed by atoms with Gasteiger partial charge in [0.2, 0.25) is 0 Å². The van der Waals surface area contributed by atoms with E-state index in [-0.39, 0.29) is 44.5 Å². The molecule has 0 radical (unpaired) electrons. The monoisotopic (exact) mass is 592 g/mol. The molecule has 192 valence electrons. The van der Waals surface area contributed by atoms with Gasteiger partial charge in [-0.15, -0.1) is 0 Å². The van der Waals surface area contributed by atoms with Crippen molar-refractivity contribution in [2.45, 2.75) is 0 Å². The third-order valence-corrected chi connectivity index (χ3v) is 4.22. The molecule has 0 saturated heterocycles. The Morgan fingerprint density at radius 3 is 1.41 bits per heavy atom. The van der Waals surface area contributed by atoms with E-state index in [1.54, 1.807) is 52.6 Å². The van der Waals surface area contributed by atoms with E-state index in [0.717, 1.165) is 0 Å². The summed E-state index contributed by atoms with van der Waals surface area (Å²) in [6.07, 6.45) is 12.4. The van der Waals surface area contributed by atoms with Crippen LogP contribution in [0.3, 0.4) is 0 Å². The summed E-state index contributed by atoms with van der Waals surface area (Å²) in [6, 6.07) is 0. The van der Waals surface area contributed by atoms with Crippen molar-refractivity contribution in [1.82, 2.24) is 21.7 Å². The van der Waals surface area contributed by atoms with Crippen LogP contribution in [0.25, 0.3) is 0 Å². The molecule has 0 aliphatic heterocycles. The summed E-state index contributed by atoms with van der Waals surface area (Å²) < 4.78 is 10.0. The minimum Gasteiger partial charge on any atom is -0.741 e. The molecule has 0 aromatic rings. The number of rotatable bonds is 6. The summed E-state index contributed by atoms with van der Waals surface area (Å²) in [4.78, 5) is 30.3. The maximum atomic E-state index is 11.4. The van der Waals surface area contributed by atoms with Gasteiger partial charge in [-0.3, -0.25) is 19.6 Å². The van der Waals surface area contributed by atoms with Gasteiger partial charge in [0, 0.05) is 70.6 Å². The zero-order valence-electron chi connectivity index (χ0n) is 18.6. The number of allylic oxidation sites excluding steroid dienone is 8. The summed E-state index contributed by atoms with van der Waals surface area (Å²) in [6.45, 7) is 0. The van der Waals surface area contributed by atoms with Crippen molar-refractivity contribution in [2.24, 2.45) is 9.98 Å². The standard InChI is InChI=1S/2C10H13N3O2S.2Ni/c2*1-11-10(16)13-12-6-7-5-8(15-2)3-4-9(7)14;;/h2*3-6,12H,1-2H3,(H2,11,13,16);;/p-2/b2*7-6-;;. The van der Waals surface area contributed by atoms with Crippen molar-refractivity contribution >= 4 is 47.2 Å². The van der Waals surface area contributed by atoms with Crippen LogP contribution < -0.4 is 21.7 Å². The van der Waals surface area contributed by atoms with Gasteiger partial charge in [0.25, 0.3) is 0 Å². The first kappa shape index (κ1) is 33.5. The van der Waals surface area contributed by atoms with Crippen LogP contribution in [-0.2, 0) is 77.3 Å². The number of hydrogen-bond donors (Lipinski definition) is 4. The zero-order valence-corrected chi connectivity index (χ0v) is 22.2. The van der Waals surface area contributed by atoms with Gasteiger partial charge in [-0.25, -0.2) is 0 Å². The van der Waals surface area contributed by atoms with Crippen molar-refractivity contribution in [3.63, 3.8) is 0 Å². The molecule has 0 spiro atoms. The van der Waals surface area contributed by atoms with E-state index in [9.17, 15) is 9.59 Å². The first-order chi connectivity index (χ1) is 15.3. The first-order valence-corrected chi connectivity index (χ1v) is 9.83. The first-order valence-electron chi connectivity index (χ1n) is 9.01. The molecule has 34 heavy (non-hydrogen) atoms. The number of hydrazine groups is 2. The smallest absolute Gasteiger partial charge is 0.187 e. The van der Waals surface area contributed by atoms with E-state index in [0.29, 0.717) is 33.0 Å². The summed E-state index contributed by atoms with van der Waals surface area (Å²) in [7, 11) is 6.23. The third-order valence-electron chi connectivity index (χ3n) is 3.65. The molecule has 14 heteroatoms. The van der Waals surface area contributed by atoms with Gasteiger partial charge >= 0.3 is 0 Å². The molecule has 2 rings (SSSR count). The number of carbonyl (C=O) groups excluding carboxylic acids is 2. The average molecular weight is 594 g/mol. The summed E-state index contributed by atoms with van der Waals surface area (Å²) >= 11 is 9.58. The molecule has 4 N–H and O–H groups in total. The normalized spacial score (nSPS) is 17.3. The van der Waals surface area contributed by atoms with Crippen LogP contribution >= 0.6 is 0 Å². The molecule has 2 aliphatic carbocycles. The second kappa shape index (κ2) is 18.7. The van der Waals surface area contributed by atoms with Gasteiger partial charge in [-0.2, -0.15) is 0 Å². The van der Waals surface area contributed by atoms with Crippen molar-refractivity contribution in [3.05, 3.63) is 71.5 Å². The van der Waals surface area contributed by atoms with E-state index >= 15 is 0 Å². The van der Waals surface area contributed by atoms with Crippen molar-refractivity contribution in [1.29, 1.82) is 0 Å². The van der Waals surface area contributed by atoms with Crippen molar-refractivity contribution in [2.75, 3.05) is 28.3 Å². The molecule has 2 aliphatic rings. The molecular formula is C20H24N6Ni2O4S2-2. The summed E-state index contributed by atoms with van der Waals surface area (Å²) in [5.41, 5.74) is 11.6. The predicted molar refractivity (Wildman–Crippen MR) is 129 cm³/mol. The Balaban J connectivity index is 0. The Hall–Kier alpha value is -2.65. The number of aliphatic imine (C=N–C) groups is 2. The maximum Gasteiger partial charge on any atom is 0.187 e. The molecule has 0 bridgehead atoms. The minimum absolute atomic E-state index is 0. The minimum atomic E-state index is -0.102. The van der Waals surface area contributed by atoms with Gasteiger partial charge in [0.1, 0.15) is 11.5 Å². The molecule has 0 fully saturated rings. The van der Waals surface area contributed by atoms with E-state index in [4.69, 9.17) is 34.7 Å². The van der Waals surface area contributed by atoms with Crippen LogP contribution in [0.1, 0.15) is 0 Å². The molecule has 0 unspecified atom stereocenters. The molecule has 10 nitrogen and oxygen atoms in total. The molecule has 0 amide bonds. The predicted octanol–water partition coefficient (Wildman–Crippen LogP) is 0.328. The van der Waals surface area contributed by atoms with Gasteiger partial charge in [0.15, 0.2) is 11.6 Å². The number of hydrogen-bond acceptors (Lipinski definition) is 10. The van der Waals surface area contributed by atoms with Crippen LogP contribution in [0.15, 0.2) is 81.5 Å². The number of methoxy groups -OCH3 is 2. The Kier molecular flexibility index (Phi) is 18.5. The molecule has 0 aromatic carbocycles. The fraction of sp³-hybridized carbons (Fsp3) is 0.200. The molecule has 0 saturated carbocycles. The fourth-order valence-electron chi connectivity index (χ4n) is 2.00. The molecule has 0 atom stereocenters. The summed E-state index contributed by atoms with van der Waals surface area (Å²) in [5, 5.41) is 0.623. The average Bonchev–Trinajstić information content (AvgIpc) is 2.81. The number of nitrogens with one attached hydrogen (secondary N) is 4. The van der Waals surface area contributed by atoms with E-state index < -0.39 is 0 Å². The second-order valence-electron chi connectivity index (χ2n) is 5.69. The van der Waals surface area contributed by atoms with Crippen molar-refractivity contribution < 1.29 is 52.0 Å². The Morgan fingerprint density at radius 1 is 0.765 bits per heavy atom. The number of ether oxygens (including phenoxy) is 2. The van der Waals surface area contributed by atoms with E-state index in [2.05, 4.69) is 31.7 Å².